The number of amides is 5. The number of hydrogen-bond acceptors (Lipinski definition) is 4. The first-order chi connectivity index (χ1) is 12.0. The Hall–Kier alpha value is -2.12. The molecule has 0 aromatic rings. The van der Waals surface area contributed by atoms with E-state index in [0.717, 1.165) is 38.5 Å². The third-order valence-corrected chi connectivity index (χ3v) is 5.39. The molecule has 0 spiro atoms. The van der Waals surface area contributed by atoms with Crippen molar-refractivity contribution in [2.45, 2.75) is 63.5 Å². The standard InChI is InChI=1S/C17H26N4O4/c22-14(6-5-13-15(23)20-17(25)19-13)18-12-7-9-21(10-8-12)16(24)11-3-1-2-4-11/h11-13H,1-10H2,(H,18,22)(H2,19,20,23,25)/t13-/m0/s1. The first-order valence-corrected chi connectivity index (χ1v) is 9.22. The predicted octanol–water partition coefficient (Wildman–Crippen LogP) is 0.272. The molecule has 1 atom stereocenters. The number of rotatable bonds is 5. The zero-order valence-corrected chi connectivity index (χ0v) is 14.4. The summed E-state index contributed by atoms with van der Waals surface area (Å²) < 4.78 is 0. The van der Waals surface area contributed by atoms with Gasteiger partial charge in [0.25, 0.3) is 5.91 Å². The Morgan fingerprint density at radius 1 is 1.08 bits per heavy atom. The Bertz CT molecular complexity index is 551. The molecule has 138 valence electrons. The van der Waals surface area contributed by atoms with Crippen molar-refractivity contribution in [3.05, 3.63) is 0 Å². The van der Waals surface area contributed by atoms with Crippen LogP contribution in [0.2, 0.25) is 0 Å². The summed E-state index contributed by atoms with van der Waals surface area (Å²) in [6, 6.07) is -1.05. The van der Waals surface area contributed by atoms with Gasteiger partial charge in [0, 0.05) is 31.5 Å². The molecule has 2 heterocycles. The highest BCUT2D eigenvalue weighted by atomic mass is 16.2. The maximum atomic E-state index is 12.4. The van der Waals surface area contributed by atoms with Crippen LogP contribution in [0.5, 0.6) is 0 Å². The molecule has 25 heavy (non-hydrogen) atoms. The van der Waals surface area contributed by atoms with Crippen LogP contribution in [-0.2, 0) is 14.4 Å². The van der Waals surface area contributed by atoms with E-state index in [-0.39, 0.29) is 36.1 Å². The van der Waals surface area contributed by atoms with Crippen LogP contribution >= 0.6 is 0 Å². The monoisotopic (exact) mass is 350 g/mol. The summed E-state index contributed by atoms with van der Waals surface area (Å²) in [5.41, 5.74) is 0. The first kappa shape index (κ1) is 17.7. The smallest absolute Gasteiger partial charge is 0.322 e. The lowest BCUT2D eigenvalue weighted by Gasteiger charge is -2.34. The molecule has 1 saturated carbocycles. The van der Waals surface area contributed by atoms with Gasteiger partial charge in [-0.1, -0.05) is 12.8 Å². The van der Waals surface area contributed by atoms with E-state index in [1.54, 1.807) is 0 Å². The van der Waals surface area contributed by atoms with Gasteiger partial charge in [0.1, 0.15) is 6.04 Å². The molecule has 0 radical (unpaired) electrons. The highest BCUT2D eigenvalue weighted by Gasteiger charge is 2.31. The van der Waals surface area contributed by atoms with E-state index in [1.807, 2.05) is 4.90 Å². The van der Waals surface area contributed by atoms with Crippen molar-refractivity contribution in [1.29, 1.82) is 0 Å². The van der Waals surface area contributed by atoms with Crippen LogP contribution in [0.25, 0.3) is 0 Å². The molecule has 0 aromatic carbocycles. The predicted molar refractivity (Wildman–Crippen MR) is 89.4 cm³/mol. The van der Waals surface area contributed by atoms with E-state index in [4.69, 9.17) is 0 Å². The number of likely N-dealkylation sites (tertiary alicyclic amines) is 1. The van der Waals surface area contributed by atoms with Gasteiger partial charge in [-0.2, -0.15) is 0 Å². The lowest BCUT2D eigenvalue weighted by Crippen LogP contribution is -2.48. The van der Waals surface area contributed by atoms with E-state index >= 15 is 0 Å². The average Bonchev–Trinajstić information content (AvgIpc) is 3.23. The van der Waals surface area contributed by atoms with E-state index < -0.39 is 12.1 Å². The second kappa shape index (κ2) is 7.84. The number of piperidine rings is 1. The van der Waals surface area contributed by atoms with Gasteiger partial charge >= 0.3 is 6.03 Å². The molecular formula is C17H26N4O4. The first-order valence-electron chi connectivity index (χ1n) is 9.22. The molecule has 1 aliphatic carbocycles. The number of nitrogens with zero attached hydrogens (tertiary/aromatic N) is 1. The Morgan fingerprint density at radius 3 is 2.36 bits per heavy atom. The molecule has 3 N–H and O–H groups in total. The highest BCUT2D eigenvalue weighted by molar-refractivity contribution is 6.04. The minimum absolute atomic E-state index is 0.0760. The van der Waals surface area contributed by atoms with Crippen molar-refractivity contribution in [2.24, 2.45) is 5.92 Å². The van der Waals surface area contributed by atoms with Crippen LogP contribution < -0.4 is 16.0 Å². The summed E-state index contributed by atoms with van der Waals surface area (Å²) in [5.74, 6) is -0.00442. The van der Waals surface area contributed by atoms with Crippen LogP contribution in [0.3, 0.4) is 0 Å². The molecular weight excluding hydrogens is 324 g/mol. The molecule has 0 aromatic heterocycles. The van der Waals surface area contributed by atoms with E-state index in [9.17, 15) is 19.2 Å². The number of carbonyl (C=O) groups excluding carboxylic acids is 4. The number of imide groups is 1. The third-order valence-electron chi connectivity index (χ3n) is 5.39. The van der Waals surface area contributed by atoms with Gasteiger partial charge in [-0.15, -0.1) is 0 Å². The van der Waals surface area contributed by atoms with Crippen LogP contribution in [0.15, 0.2) is 0 Å². The summed E-state index contributed by atoms with van der Waals surface area (Å²) >= 11 is 0. The molecule has 8 heteroatoms. The van der Waals surface area contributed by atoms with E-state index in [2.05, 4.69) is 16.0 Å². The largest absolute Gasteiger partial charge is 0.353 e. The third kappa shape index (κ3) is 4.49. The zero-order valence-electron chi connectivity index (χ0n) is 14.4. The summed E-state index contributed by atoms with van der Waals surface area (Å²) in [5, 5.41) is 7.61. The quantitative estimate of drug-likeness (QED) is 0.619. The molecule has 5 amide bonds. The fraction of sp³-hybridized carbons (Fsp3) is 0.765. The van der Waals surface area contributed by atoms with E-state index in [1.165, 1.54) is 0 Å². The fourth-order valence-electron chi connectivity index (χ4n) is 3.91. The zero-order chi connectivity index (χ0) is 17.8. The Kier molecular flexibility index (Phi) is 5.55. The summed E-state index contributed by atoms with van der Waals surface area (Å²) in [6.45, 7) is 1.39. The number of urea groups is 1. The van der Waals surface area contributed by atoms with Crippen molar-refractivity contribution in [1.82, 2.24) is 20.9 Å². The normalized spacial score (nSPS) is 25.0. The van der Waals surface area contributed by atoms with Crippen LogP contribution in [0.1, 0.15) is 51.4 Å². The van der Waals surface area contributed by atoms with Crippen LogP contribution in [0.4, 0.5) is 4.79 Å². The highest BCUT2D eigenvalue weighted by Crippen LogP contribution is 2.27. The Balaban J connectivity index is 1.35. The van der Waals surface area contributed by atoms with Gasteiger partial charge < -0.3 is 15.5 Å². The summed E-state index contributed by atoms with van der Waals surface area (Å²) in [6.07, 6.45) is 6.37. The van der Waals surface area contributed by atoms with Gasteiger partial charge in [0.2, 0.25) is 11.8 Å². The van der Waals surface area contributed by atoms with Crippen molar-refractivity contribution in [3.63, 3.8) is 0 Å². The maximum absolute atomic E-state index is 12.4. The number of nitrogens with one attached hydrogen (secondary N) is 3. The van der Waals surface area contributed by atoms with Gasteiger partial charge in [-0.25, -0.2) is 4.79 Å². The molecule has 2 saturated heterocycles. The minimum Gasteiger partial charge on any atom is -0.353 e. The summed E-state index contributed by atoms with van der Waals surface area (Å²) in [7, 11) is 0. The fourth-order valence-corrected chi connectivity index (χ4v) is 3.91. The molecule has 3 aliphatic rings. The van der Waals surface area contributed by atoms with E-state index in [0.29, 0.717) is 19.5 Å². The van der Waals surface area contributed by atoms with Gasteiger partial charge in [-0.05, 0) is 32.1 Å². The van der Waals surface area contributed by atoms with Crippen molar-refractivity contribution < 1.29 is 19.2 Å². The van der Waals surface area contributed by atoms with Gasteiger partial charge in [-0.3, -0.25) is 19.7 Å². The molecule has 2 aliphatic heterocycles. The van der Waals surface area contributed by atoms with Crippen molar-refractivity contribution >= 4 is 23.8 Å². The van der Waals surface area contributed by atoms with Gasteiger partial charge in [0.15, 0.2) is 0 Å². The minimum atomic E-state index is -0.621. The van der Waals surface area contributed by atoms with Crippen LogP contribution in [0, 0.1) is 5.92 Å². The number of hydrogen-bond donors (Lipinski definition) is 3. The van der Waals surface area contributed by atoms with Crippen molar-refractivity contribution in [3.8, 4) is 0 Å². The summed E-state index contributed by atoms with van der Waals surface area (Å²) in [4.78, 5) is 48.9. The number of carbonyl (C=O) groups is 4. The van der Waals surface area contributed by atoms with Crippen LogP contribution in [-0.4, -0.2) is 53.8 Å². The second-order valence-electron chi connectivity index (χ2n) is 7.20. The maximum Gasteiger partial charge on any atom is 0.322 e. The SMILES string of the molecule is O=C(CC[C@@H]1NC(=O)NC1=O)NC1CCN(C(=O)C2CCCC2)CC1. The molecule has 3 rings (SSSR count). The Morgan fingerprint density at radius 2 is 1.76 bits per heavy atom. The molecule has 0 unspecified atom stereocenters. The Labute approximate surface area is 147 Å². The lowest BCUT2D eigenvalue weighted by atomic mass is 10.0. The lowest BCUT2D eigenvalue weighted by molar-refractivity contribution is -0.136. The second-order valence-corrected chi connectivity index (χ2v) is 7.20. The van der Waals surface area contributed by atoms with Crippen molar-refractivity contribution in [2.75, 3.05) is 13.1 Å². The molecule has 3 fully saturated rings. The topological polar surface area (TPSA) is 108 Å². The van der Waals surface area contributed by atoms with Gasteiger partial charge in [0.05, 0.1) is 0 Å². The average molecular weight is 350 g/mol. The molecule has 8 nitrogen and oxygen atoms in total. The molecule has 0 bridgehead atoms.